The molecule has 0 aliphatic carbocycles. The Labute approximate surface area is 78.1 Å². The van der Waals surface area contributed by atoms with Gasteiger partial charge in [0.15, 0.2) is 0 Å². The highest BCUT2D eigenvalue weighted by atomic mass is 32.2. The molecule has 0 atom stereocenters. The van der Waals surface area contributed by atoms with E-state index in [1.165, 1.54) is 6.20 Å². The van der Waals surface area contributed by atoms with Gasteiger partial charge in [0.2, 0.25) is 10.0 Å². The minimum absolute atomic E-state index is 0.208. The molecule has 1 aromatic heterocycles. The number of aromatic nitrogens is 1. The number of hydrogen-bond acceptors (Lipinski definition) is 3. The second-order valence-electron chi connectivity index (χ2n) is 2.64. The Hall–Kier alpha value is -0.940. The Bertz CT molecular complexity index is 370. The number of aryl methyl sites for hydroxylation is 1. The third kappa shape index (κ3) is 2.50. The molecule has 0 fully saturated rings. The van der Waals surface area contributed by atoms with E-state index in [-0.39, 0.29) is 4.90 Å². The van der Waals surface area contributed by atoms with Crippen molar-refractivity contribution in [1.82, 2.24) is 9.71 Å². The number of sulfonamides is 1. The average Bonchev–Trinajstić information content (AvgIpc) is 2.05. The minimum Gasteiger partial charge on any atom is -0.260 e. The predicted molar refractivity (Wildman–Crippen MR) is 49.8 cm³/mol. The number of nitrogens with zero attached hydrogens (tertiary/aromatic N) is 1. The van der Waals surface area contributed by atoms with Crippen LogP contribution in [0.1, 0.15) is 12.6 Å². The van der Waals surface area contributed by atoms with Crippen LogP contribution >= 0.6 is 0 Å². The van der Waals surface area contributed by atoms with E-state index < -0.39 is 10.0 Å². The monoisotopic (exact) mass is 200 g/mol. The van der Waals surface area contributed by atoms with Crippen molar-refractivity contribution in [2.24, 2.45) is 0 Å². The number of pyridine rings is 1. The zero-order valence-electron chi connectivity index (χ0n) is 7.61. The van der Waals surface area contributed by atoms with E-state index in [1.54, 1.807) is 19.1 Å². The van der Waals surface area contributed by atoms with Gasteiger partial charge in [0, 0.05) is 18.4 Å². The van der Waals surface area contributed by atoms with Crippen LogP contribution < -0.4 is 4.72 Å². The third-order valence-electron chi connectivity index (χ3n) is 1.53. The summed E-state index contributed by atoms with van der Waals surface area (Å²) < 4.78 is 25.2. The maximum atomic E-state index is 11.4. The van der Waals surface area contributed by atoms with E-state index in [9.17, 15) is 8.42 Å². The van der Waals surface area contributed by atoms with Crippen molar-refractivity contribution >= 4 is 10.0 Å². The van der Waals surface area contributed by atoms with Crippen LogP contribution in [0.3, 0.4) is 0 Å². The third-order valence-corrected chi connectivity index (χ3v) is 3.06. The molecule has 13 heavy (non-hydrogen) atoms. The van der Waals surface area contributed by atoms with Crippen molar-refractivity contribution < 1.29 is 8.42 Å². The highest BCUT2D eigenvalue weighted by molar-refractivity contribution is 7.89. The molecule has 1 rings (SSSR count). The van der Waals surface area contributed by atoms with Crippen LogP contribution in [0, 0.1) is 6.92 Å². The largest absolute Gasteiger partial charge is 0.260 e. The topological polar surface area (TPSA) is 59.1 Å². The highest BCUT2D eigenvalue weighted by Crippen LogP contribution is 2.06. The maximum Gasteiger partial charge on any atom is 0.242 e. The Balaban J connectivity index is 3.02. The summed E-state index contributed by atoms with van der Waals surface area (Å²) >= 11 is 0. The second kappa shape index (κ2) is 3.85. The van der Waals surface area contributed by atoms with E-state index in [4.69, 9.17) is 0 Å². The van der Waals surface area contributed by atoms with Crippen molar-refractivity contribution in [2.75, 3.05) is 6.54 Å². The summed E-state index contributed by atoms with van der Waals surface area (Å²) in [5, 5.41) is 0. The molecule has 0 aromatic carbocycles. The van der Waals surface area contributed by atoms with Crippen molar-refractivity contribution in [2.45, 2.75) is 18.7 Å². The van der Waals surface area contributed by atoms with E-state index in [2.05, 4.69) is 9.71 Å². The molecule has 0 aliphatic heterocycles. The smallest absolute Gasteiger partial charge is 0.242 e. The normalized spacial score (nSPS) is 11.5. The van der Waals surface area contributed by atoms with Gasteiger partial charge < -0.3 is 0 Å². The first-order valence-electron chi connectivity index (χ1n) is 3.98. The fourth-order valence-corrected chi connectivity index (χ4v) is 1.87. The summed E-state index contributed by atoms with van der Waals surface area (Å²) in [6.07, 6.45) is 1.35. The van der Waals surface area contributed by atoms with Gasteiger partial charge in [0.25, 0.3) is 0 Å². The first-order chi connectivity index (χ1) is 6.06. The van der Waals surface area contributed by atoms with Crippen molar-refractivity contribution in [1.29, 1.82) is 0 Å². The van der Waals surface area contributed by atoms with E-state index in [0.29, 0.717) is 6.54 Å². The number of hydrogen-bond donors (Lipinski definition) is 1. The lowest BCUT2D eigenvalue weighted by molar-refractivity contribution is 0.583. The van der Waals surface area contributed by atoms with Gasteiger partial charge in [-0.25, -0.2) is 13.1 Å². The molecule has 5 heteroatoms. The number of rotatable bonds is 3. The van der Waals surface area contributed by atoms with Crippen LogP contribution in [0.25, 0.3) is 0 Å². The van der Waals surface area contributed by atoms with Crippen LogP contribution in [0.15, 0.2) is 23.2 Å². The van der Waals surface area contributed by atoms with Crippen LogP contribution in [-0.4, -0.2) is 19.9 Å². The van der Waals surface area contributed by atoms with Crippen molar-refractivity contribution in [3.8, 4) is 0 Å². The van der Waals surface area contributed by atoms with Gasteiger partial charge in [-0.3, -0.25) is 4.98 Å². The summed E-state index contributed by atoms with van der Waals surface area (Å²) in [5.41, 5.74) is 0.801. The molecule has 1 aromatic rings. The molecule has 4 nitrogen and oxygen atoms in total. The molecule has 0 aliphatic rings. The maximum absolute atomic E-state index is 11.4. The van der Waals surface area contributed by atoms with Crippen molar-refractivity contribution in [3.63, 3.8) is 0 Å². The highest BCUT2D eigenvalue weighted by Gasteiger charge is 2.11. The lowest BCUT2D eigenvalue weighted by Gasteiger charge is -2.03. The predicted octanol–water partition coefficient (Wildman–Crippen LogP) is 0.688. The van der Waals surface area contributed by atoms with Gasteiger partial charge in [-0.05, 0) is 19.1 Å². The molecule has 1 N–H and O–H groups in total. The first-order valence-corrected chi connectivity index (χ1v) is 5.47. The van der Waals surface area contributed by atoms with E-state index in [1.807, 2.05) is 6.92 Å². The van der Waals surface area contributed by atoms with Crippen LogP contribution in [0.4, 0.5) is 0 Å². The van der Waals surface area contributed by atoms with Gasteiger partial charge in [0.1, 0.15) is 4.90 Å². The first kappa shape index (κ1) is 10.1. The summed E-state index contributed by atoms with van der Waals surface area (Å²) in [6.45, 7) is 3.93. The Morgan fingerprint density at radius 3 is 2.62 bits per heavy atom. The minimum atomic E-state index is -3.34. The van der Waals surface area contributed by atoms with E-state index in [0.717, 1.165) is 5.69 Å². The van der Waals surface area contributed by atoms with Crippen LogP contribution in [0.2, 0.25) is 0 Å². The van der Waals surface area contributed by atoms with Gasteiger partial charge in [0.05, 0.1) is 0 Å². The number of nitrogens with one attached hydrogen (secondary N) is 1. The van der Waals surface area contributed by atoms with E-state index >= 15 is 0 Å². The zero-order valence-corrected chi connectivity index (χ0v) is 8.43. The molecule has 0 amide bonds. The Kier molecular flexibility index (Phi) is 3.00. The van der Waals surface area contributed by atoms with Crippen LogP contribution in [0.5, 0.6) is 0 Å². The molecule has 0 saturated heterocycles. The lowest BCUT2D eigenvalue weighted by atomic mass is 10.4. The summed E-state index contributed by atoms with van der Waals surface area (Å²) in [7, 11) is -3.34. The summed E-state index contributed by atoms with van der Waals surface area (Å²) in [6, 6.07) is 3.21. The standard InChI is InChI=1S/C8H12N2O2S/c1-3-10-13(11,12)8-5-4-7(2)9-6-8/h4-6,10H,3H2,1-2H3. The fourth-order valence-electron chi connectivity index (χ4n) is 0.887. The summed E-state index contributed by atoms with van der Waals surface area (Å²) in [5.74, 6) is 0. The van der Waals surface area contributed by atoms with Gasteiger partial charge >= 0.3 is 0 Å². The molecule has 0 saturated carbocycles. The fraction of sp³-hybridized carbons (Fsp3) is 0.375. The molecule has 0 spiro atoms. The lowest BCUT2D eigenvalue weighted by Crippen LogP contribution is -2.23. The zero-order chi connectivity index (χ0) is 9.90. The molecule has 0 unspecified atom stereocenters. The van der Waals surface area contributed by atoms with Crippen LogP contribution in [-0.2, 0) is 10.0 Å². The van der Waals surface area contributed by atoms with Gasteiger partial charge in [-0.1, -0.05) is 6.92 Å². The Morgan fingerprint density at radius 2 is 2.15 bits per heavy atom. The quantitative estimate of drug-likeness (QED) is 0.781. The average molecular weight is 200 g/mol. The molecule has 1 heterocycles. The molecule has 72 valence electrons. The summed E-state index contributed by atoms with van der Waals surface area (Å²) in [4.78, 5) is 4.12. The molecular formula is C8H12N2O2S. The van der Waals surface area contributed by atoms with Gasteiger partial charge in [-0.15, -0.1) is 0 Å². The Morgan fingerprint density at radius 1 is 1.46 bits per heavy atom. The second-order valence-corrected chi connectivity index (χ2v) is 4.40. The molecule has 0 radical (unpaired) electrons. The van der Waals surface area contributed by atoms with Gasteiger partial charge in [-0.2, -0.15) is 0 Å². The molecular weight excluding hydrogens is 188 g/mol. The molecule has 0 bridgehead atoms. The SMILES string of the molecule is CCNS(=O)(=O)c1ccc(C)nc1. The van der Waals surface area contributed by atoms with Crippen molar-refractivity contribution in [3.05, 3.63) is 24.0 Å².